The molecule has 0 amide bonds. The molecular formula is H97P97. The van der Waals surface area contributed by atoms with Gasteiger partial charge in [0.15, 0.2) is 0 Å². The summed E-state index contributed by atoms with van der Waals surface area (Å²) in [5.74, 6) is 0. The molecule has 582 valence electrons. The van der Waals surface area contributed by atoms with Gasteiger partial charge in [0.05, 0.1) is 0 Å². The lowest BCUT2D eigenvalue weighted by molar-refractivity contribution is 4.29. The first-order chi connectivity index (χ1) is 44.2. The Balaban J connectivity index is 14.4. The smallest absolute Gasteiger partial charge is 0.000000233 e. The molecule has 0 aromatic rings. The van der Waals surface area contributed by atoms with E-state index in [2.05, 4.69) is 420 Å². The predicted octanol–water partition coefficient (Wildman–Crippen LogP) is 57.6. The van der Waals surface area contributed by atoms with Gasteiger partial charge in [0.2, 0.25) is 0 Å². The Morgan fingerprint density at radius 3 is 0.258 bits per heavy atom. The van der Waals surface area contributed by atoms with Gasteiger partial charge in [-0.3, -0.25) is 0 Å². The number of rotatable bonds is 47. The van der Waals surface area contributed by atoms with Gasteiger partial charge in [0, 0.05) is 0 Å². The SMILES string of the molecule is [PH]PP(P([PH])P)P(P(P)P)P(P(P(P)P)P(P)P)P(P(P(P(P)P)P(P)P)P(P(P)P)P(P)P)P(P(P(P(P(P)P)P(P)P)P(P(P)P)P(P)P)P(P(P(P)P)P(P)P)P(P(P)P)P(P)P)P(P(P(P(P)P)P(P)P)P(P(P)P)P(P)P)P(P(P(P)P)P(P)P)P(P(P)P)P(P)P. The maximum atomic E-state index is 4.83. The van der Waals surface area contributed by atoms with Crippen molar-refractivity contribution in [2.45, 2.75) is 0 Å². The van der Waals surface area contributed by atoms with Crippen LogP contribution in [0.4, 0.5) is 0 Å². The van der Waals surface area contributed by atoms with Gasteiger partial charge in [-0.05, 0) is 328 Å². The molecule has 0 nitrogen and oxygen atoms in total. The van der Waals surface area contributed by atoms with Crippen molar-refractivity contribution in [2.24, 2.45) is 0 Å². The third kappa shape index (κ3) is 48.9. The van der Waals surface area contributed by atoms with E-state index in [-0.39, 0.29) is 6.99 Å². The van der Waals surface area contributed by atoms with Crippen LogP contribution in [-0.4, -0.2) is 0 Å². The highest BCUT2D eigenvalue weighted by Crippen LogP contribution is 3.54. The average molecular weight is 3100 g/mol. The fraction of sp³-hybridized carbons (Fsp3) is 0. The van der Waals surface area contributed by atoms with Crippen molar-refractivity contribution in [3.63, 3.8) is 0 Å². The Kier molecular flexibility index (Phi) is 109. The molecular weight excluding hydrogens is 3000 g/mol. The Bertz CT molecular complexity index is 1610. The molecule has 0 fully saturated rings. The molecule has 0 aliphatic rings. The first kappa shape index (κ1) is 139. The van der Waals surface area contributed by atoms with Crippen LogP contribution in [0.3, 0.4) is 0 Å². The molecule has 0 saturated carbocycles. The maximum absolute atomic E-state index is 4.83. The van der Waals surface area contributed by atoms with E-state index in [1.54, 1.807) is 0 Å². The maximum Gasteiger partial charge on any atom is -0.000000233 e. The molecule has 53 atom stereocenters. The summed E-state index contributed by atoms with van der Waals surface area (Å²) in [6, 6.07) is 0. The summed E-state index contributed by atoms with van der Waals surface area (Å²) in [7, 11) is 188. The molecule has 0 spiro atoms. The molecule has 97 heavy (non-hydrogen) atoms. The fourth-order valence-electron chi connectivity index (χ4n) is 5.94. The molecule has 0 bridgehead atoms. The second kappa shape index (κ2) is 76.3. The van der Waals surface area contributed by atoms with E-state index in [1.165, 1.54) is 0 Å². The molecule has 0 aromatic carbocycles. The minimum absolute atomic E-state index is 0.381. The van der Waals surface area contributed by atoms with Gasteiger partial charge in [0.1, 0.15) is 0 Å². The van der Waals surface area contributed by atoms with Crippen molar-refractivity contribution in [3.8, 4) is 0 Å². The van der Waals surface area contributed by atoms with Crippen LogP contribution in [0, 0.1) is 0 Å². The van der Waals surface area contributed by atoms with E-state index in [1.807, 2.05) is 0 Å². The highest BCUT2D eigenvalue weighted by molar-refractivity contribution is 9.60. The lowest BCUT2D eigenvalue weighted by Crippen LogP contribution is -1.77. The number of hydrogen-bond acceptors (Lipinski definition) is 0. The Hall–Kier alpha value is 41.7. The monoisotopic (exact) mass is 3100 g/mol. The summed E-state index contributed by atoms with van der Waals surface area (Å²) in [5.41, 5.74) is 0. The summed E-state index contributed by atoms with van der Waals surface area (Å²) in [5, 5.41) is 0. The van der Waals surface area contributed by atoms with E-state index in [0.29, 0.717) is 0 Å². The first-order valence-electron chi connectivity index (χ1n) is 22.0. The van der Waals surface area contributed by atoms with Gasteiger partial charge in [-0.2, -0.15) is 0 Å². The third-order valence-electron chi connectivity index (χ3n) is 8.58. The Labute approximate surface area is 761 Å². The highest BCUT2D eigenvalue weighted by Gasteiger charge is 2.67. The van der Waals surface area contributed by atoms with Crippen LogP contribution < -0.4 is 0 Å². The average Bonchev–Trinajstić information content (AvgIpc) is 3.37. The number of hydrogen-bond donors (Lipinski definition) is 0. The van der Waals surface area contributed by atoms with Crippen LogP contribution in [-0.2, 0) is 0 Å². The summed E-state index contributed by atoms with van der Waals surface area (Å²) in [6.45, 7) is -21.2. The largest absolute Gasteiger partial charge is 0.102 e. The molecule has 0 N–H and O–H groups in total. The Morgan fingerprint density at radius 1 is 0.124 bits per heavy atom. The van der Waals surface area contributed by atoms with Crippen molar-refractivity contribution < 1.29 is 0 Å². The van der Waals surface area contributed by atoms with Gasteiger partial charge in [0.25, 0.3) is 0 Å². The molecule has 0 saturated heterocycles. The summed E-state index contributed by atoms with van der Waals surface area (Å²) in [6.07, 6.45) is 0. The molecule has 2 radical (unpaired) electrons. The second-order valence-corrected chi connectivity index (χ2v) is 416. The zero-order valence-corrected chi connectivity index (χ0v) is 149. The quantitative estimate of drug-likeness (QED) is 0.0533. The highest BCUT2D eigenvalue weighted by atomic mass is 33.7. The van der Waals surface area contributed by atoms with E-state index in [0.717, 1.165) is 7.96 Å². The summed E-state index contributed by atoms with van der Waals surface area (Å²) in [4.78, 5) is 0. The van der Waals surface area contributed by atoms with Crippen molar-refractivity contribution in [1.29, 1.82) is 0 Å². The van der Waals surface area contributed by atoms with E-state index in [4.69, 9.17) is 17.9 Å². The van der Waals surface area contributed by atoms with Crippen molar-refractivity contribution in [3.05, 3.63) is 0 Å². The Morgan fingerprint density at radius 2 is 0.196 bits per heavy atom. The fourth-order valence-corrected chi connectivity index (χ4v) is 1440. The van der Waals surface area contributed by atoms with Crippen LogP contribution >= 0.6 is 774 Å². The normalized spacial score (nSPS) is 16.0. The molecule has 0 aliphatic carbocycles. The van der Waals surface area contributed by atoms with E-state index >= 15 is 0 Å². The minimum atomic E-state index is -0.639. The van der Waals surface area contributed by atoms with Crippen molar-refractivity contribution in [1.82, 2.24) is 0 Å². The van der Waals surface area contributed by atoms with Crippen molar-refractivity contribution in [2.75, 3.05) is 0 Å². The zero-order chi connectivity index (χ0) is 76.8. The van der Waals surface area contributed by atoms with Gasteiger partial charge in [-0.25, -0.2) is 0 Å². The first-order valence-corrected chi connectivity index (χ1v) is 198. The molecule has 0 rings (SSSR count). The van der Waals surface area contributed by atoms with Crippen LogP contribution in [0.5, 0.6) is 0 Å². The summed E-state index contributed by atoms with van der Waals surface area (Å²) < 4.78 is 0. The molecule has 53 unspecified atom stereocenters. The second-order valence-electron chi connectivity index (χ2n) is 15.4. The standard InChI is InChI=1S/H97P97/c1-50-75(51(2)3)87(74(48)49)93(86(72(44)45)73(46)47)96(92(84(68(36)37)69(38)39)85(70(40)41)71(42)43)97(94(88(76(52(4)5)53(6)7)77(54(8)9)55(10)11)89(78(56(12)13)57(14)15)79(58(16)17)59(18)19)95(90(80(60(20)21)61(22)23)81(62(24)25)63(26)27)91(82(64(28)29)65(30)31)83(66(32)33)67(34)35/h1-2,50H,3-49H2. The zero-order valence-electron chi connectivity index (χ0n) is 49.7. The van der Waals surface area contributed by atoms with E-state index in [9.17, 15) is 0 Å². The van der Waals surface area contributed by atoms with Crippen LogP contribution in [0.2, 0.25) is 0 Å². The molecule has 0 aliphatic heterocycles. The molecule has 0 aromatic heterocycles. The van der Waals surface area contributed by atoms with Crippen LogP contribution in [0.15, 0.2) is 0 Å². The summed E-state index contributed by atoms with van der Waals surface area (Å²) >= 11 is 0. The van der Waals surface area contributed by atoms with Gasteiger partial charge < -0.3 is 0 Å². The van der Waals surface area contributed by atoms with Gasteiger partial charge in [-0.1, -0.05) is 25.8 Å². The van der Waals surface area contributed by atoms with Gasteiger partial charge >= 0.3 is 0 Å². The van der Waals surface area contributed by atoms with E-state index < -0.39 is 321 Å². The molecule has 97 heteroatoms. The predicted molar refractivity (Wildman–Crippen MR) is 807 cm³/mol. The lowest BCUT2D eigenvalue weighted by Gasteiger charge is -2.64. The third-order valence-corrected chi connectivity index (χ3v) is 695. The lowest BCUT2D eigenvalue weighted by atomic mass is 28.3. The van der Waals surface area contributed by atoms with Crippen LogP contribution in [0.25, 0.3) is 0 Å². The van der Waals surface area contributed by atoms with Crippen molar-refractivity contribution >= 4 is 774 Å². The topological polar surface area (TPSA) is 0 Å². The minimum Gasteiger partial charge on any atom is -0.102 e. The molecule has 0 heterocycles. The van der Waals surface area contributed by atoms with Crippen LogP contribution in [0.1, 0.15) is 0 Å². The van der Waals surface area contributed by atoms with Gasteiger partial charge in [-0.15, -0.1) is 420 Å².